The molecule has 2 heterocycles. The highest BCUT2D eigenvalue weighted by molar-refractivity contribution is 7.22. The molecular weight excluding hydrogens is 462 g/mol. The molecule has 0 bridgehead atoms. The van der Waals surface area contributed by atoms with Crippen LogP contribution in [0.5, 0.6) is 0 Å². The zero-order valence-corrected chi connectivity index (χ0v) is 20.0. The van der Waals surface area contributed by atoms with E-state index in [0.29, 0.717) is 16.5 Å². The number of esters is 3. The summed E-state index contributed by atoms with van der Waals surface area (Å²) >= 11 is 1.28. The largest absolute Gasteiger partial charge is 0.463 e. The number of amides is 1. The Bertz CT molecular complexity index is 1130. The number of hydrogen-bond acceptors (Lipinski definition) is 10. The second-order valence-electron chi connectivity index (χ2n) is 7.22. The van der Waals surface area contributed by atoms with Crippen LogP contribution in [0, 0.1) is 5.92 Å². The minimum absolute atomic E-state index is 0.0688. The fourth-order valence-electron chi connectivity index (χ4n) is 3.49. The lowest BCUT2D eigenvalue weighted by molar-refractivity contribution is -0.153. The van der Waals surface area contributed by atoms with Crippen LogP contribution in [0.4, 0.5) is 5.13 Å². The smallest absolute Gasteiger partial charge is 0.337 e. The molecule has 1 aromatic carbocycles. The van der Waals surface area contributed by atoms with Crippen molar-refractivity contribution in [2.45, 2.75) is 27.7 Å². The van der Waals surface area contributed by atoms with Gasteiger partial charge in [0.1, 0.15) is 5.92 Å². The number of rotatable bonds is 8. The van der Waals surface area contributed by atoms with Crippen molar-refractivity contribution in [2.75, 3.05) is 25.1 Å². The van der Waals surface area contributed by atoms with Crippen molar-refractivity contribution in [3.63, 3.8) is 0 Å². The van der Waals surface area contributed by atoms with E-state index in [1.54, 1.807) is 27.7 Å². The maximum atomic E-state index is 13.1. The first kappa shape index (κ1) is 24.9. The minimum atomic E-state index is -1.41. The van der Waals surface area contributed by atoms with Crippen molar-refractivity contribution in [1.82, 2.24) is 10.3 Å². The van der Waals surface area contributed by atoms with Crippen molar-refractivity contribution >= 4 is 50.5 Å². The standard InChI is InChI=1S/C23H25N3O7S/c1-5-31-20(28)17-12(3)24-13(4)18(21(29)32-6-2)19(17)22(30)33-11-16(27)26-23-25-14-9-7-8-10-15(14)34-23/h7-10,19,24H,5-6,11H2,1-4H3,(H,25,26,27). The molecule has 34 heavy (non-hydrogen) atoms. The van der Waals surface area contributed by atoms with E-state index in [9.17, 15) is 19.2 Å². The summed E-state index contributed by atoms with van der Waals surface area (Å²) in [4.78, 5) is 55.1. The number of nitrogens with one attached hydrogen (secondary N) is 2. The second kappa shape index (κ2) is 10.9. The zero-order chi connectivity index (χ0) is 24.8. The first-order valence-electron chi connectivity index (χ1n) is 10.6. The van der Waals surface area contributed by atoms with Gasteiger partial charge in [0, 0.05) is 11.4 Å². The van der Waals surface area contributed by atoms with Crippen molar-refractivity contribution in [3.8, 4) is 0 Å². The molecule has 0 aliphatic carbocycles. The van der Waals surface area contributed by atoms with Gasteiger partial charge in [0.25, 0.3) is 5.91 Å². The number of dihydropyridines is 1. The van der Waals surface area contributed by atoms with Crippen LogP contribution in [0.1, 0.15) is 27.7 Å². The van der Waals surface area contributed by atoms with Crippen LogP contribution in [-0.4, -0.2) is 48.6 Å². The Kier molecular flexibility index (Phi) is 8.00. The van der Waals surface area contributed by atoms with Crippen LogP contribution in [-0.2, 0) is 33.4 Å². The lowest BCUT2D eigenvalue weighted by Gasteiger charge is -2.28. The van der Waals surface area contributed by atoms with E-state index < -0.39 is 36.3 Å². The van der Waals surface area contributed by atoms with E-state index in [-0.39, 0.29) is 24.4 Å². The number of thiazole rings is 1. The number of anilines is 1. The molecule has 0 radical (unpaired) electrons. The number of benzene rings is 1. The molecule has 10 nitrogen and oxygen atoms in total. The van der Waals surface area contributed by atoms with Crippen molar-refractivity contribution in [1.29, 1.82) is 0 Å². The Hall–Kier alpha value is -3.73. The van der Waals surface area contributed by atoms with Crippen LogP contribution in [0.3, 0.4) is 0 Å². The second-order valence-corrected chi connectivity index (χ2v) is 8.25. The number of ether oxygens (including phenoxy) is 3. The summed E-state index contributed by atoms with van der Waals surface area (Å²) in [6, 6.07) is 7.38. The third-order valence-corrected chi connectivity index (χ3v) is 5.82. The van der Waals surface area contributed by atoms with E-state index in [2.05, 4.69) is 15.6 Å². The molecule has 180 valence electrons. The van der Waals surface area contributed by atoms with Crippen molar-refractivity contribution in [2.24, 2.45) is 5.92 Å². The van der Waals surface area contributed by atoms with Gasteiger partial charge in [-0.05, 0) is 39.8 Å². The summed E-state index contributed by atoms with van der Waals surface area (Å²) in [5, 5.41) is 5.86. The molecule has 2 aromatic rings. The number of allylic oxidation sites excluding steroid dienone is 2. The van der Waals surface area contributed by atoms with Gasteiger partial charge in [-0.2, -0.15) is 0 Å². The number of carbonyl (C=O) groups excluding carboxylic acids is 4. The molecule has 1 aromatic heterocycles. The minimum Gasteiger partial charge on any atom is -0.463 e. The number of para-hydroxylation sites is 1. The van der Waals surface area contributed by atoms with Crippen LogP contribution in [0.2, 0.25) is 0 Å². The van der Waals surface area contributed by atoms with E-state index in [1.165, 1.54) is 11.3 Å². The topological polar surface area (TPSA) is 133 Å². The van der Waals surface area contributed by atoms with E-state index in [4.69, 9.17) is 14.2 Å². The van der Waals surface area contributed by atoms with Crippen LogP contribution < -0.4 is 10.6 Å². The Morgan fingerprint density at radius 2 is 1.56 bits per heavy atom. The summed E-state index contributed by atoms with van der Waals surface area (Å²) in [6.45, 7) is 5.91. The highest BCUT2D eigenvalue weighted by Gasteiger charge is 2.42. The average Bonchev–Trinajstić information content (AvgIpc) is 3.19. The first-order chi connectivity index (χ1) is 16.3. The van der Waals surface area contributed by atoms with Gasteiger partial charge in [0.15, 0.2) is 11.7 Å². The first-order valence-corrected chi connectivity index (χ1v) is 11.4. The Morgan fingerprint density at radius 3 is 2.12 bits per heavy atom. The third-order valence-electron chi connectivity index (χ3n) is 4.87. The van der Waals surface area contributed by atoms with Gasteiger partial charge in [-0.1, -0.05) is 23.5 Å². The summed E-state index contributed by atoms with van der Waals surface area (Å²) in [5.41, 5.74) is 1.25. The molecule has 0 saturated heterocycles. The predicted octanol–water partition coefficient (Wildman–Crippen LogP) is 2.67. The third kappa shape index (κ3) is 5.42. The zero-order valence-electron chi connectivity index (χ0n) is 19.2. The molecule has 0 unspecified atom stereocenters. The summed E-state index contributed by atoms with van der Waals surface area (Å²) in [5.74, 6) is -4.52. The molecule has 2 N–H and O–H groups in total. The fourth-order valence-corrected chi connectivity index (χ4v) is 4.37. The molecule has 3 rings (SSSR count). The maximum Gasteiger partial charge on any atom is 0.337 e. The highest BCUT2D eigenvalue weighted by Crippen LogP contribution is 2.32. The molecule has 0 fully saturated rings. The Labute approximate surface area is 200 Å². The molecule has 0 spiro atoms. The Morgan fingerprint density at radius 1 is 0.971 bits per heavy atom. The van der Waals surface area contributed by atoms with Crippen LogP contribution >= 0.6 is 11.3 Å². The SMILES string of the molecule is CCOC(=O)C1=C(C)NC(C)=C(C(=O)OCC)C1C(=O)OCC(=O)Nc1nc2ccccc2s1. The number of carbonyl (C=O) groups is 4. The van der Waals surface area contributed by atoms with E-state index >= 15 is 0 Å². The van der Waals surface area contributed by atoms with Crippen molar-refractivity contribution < 1.29 is 33.4 Å². The van der Waals surface area contributed by atoms with E-state index in [1.807, 2.05) is 24.3 Å². The van der Waals surface area contributed by atoms with Gasteiger partial charge in [0.05, 0.1) is 34.6 Å². The molecule has 1 amide bonds. The number of fused-ring (bicyclic) bond motifs is 1. The van der Waals surface area contributed by atoms with Gasteiger partial charge in [-0.15, -0.1) is 0 Å². The average molecular weight is 488 g/mol. The number of hydrogen-bond donors (Lipinski definition) is 2. The van der Waals surface area contributed by atoms with Crippen LogP contribution in [0.25, 0.3) is 10.2 Å². The van der Waals surface area contributed by atoms with Gasteiger partial charge in [-0.25, -0.2) is 14.6 Å². The molecule has 0 atom stereocenters. The predicted molar refractivity (Wildman–Crippen MR) is 125 cm³/mol. The normalized spacial score (nSPS) is 14.0. The monoisotopic (exact) mass is 487 g/mol. The summed E-state index contributed by atoms with van der Waals surface area (Å²) in [6.07, 6.45) is 0. The van der Waals surface area contributed by atoms with Crippen molar-refractivity contribution in [3.05, 3.63) is 46.8 Å². The lowest BCUT2D eigenvalue weighted by Crippen LogP contribution is -2.39. The van der Waals surface area contributed by atoms with Gasteiger partial charge in [-0.3, -0.25) is 14.9 Å². The van der Waals surface area contributed by atoms with E-state index in [0.717, 1.165) is 10.2 Å². The number of aromatic nitrogens is 1. The fraction of sp³-hybridized carbons (Fsp3) is 0.348. The maximum absolute atomic E-state index is 13.1. The molecule has 0 saturated carbocycles. The van der Waals surface area contributed by atoms with Crippen LogP contribution in [0.15, 0.2) is 46.8 Å². The summed E-state index contributed by atoms with van der Waals surface area (Å²) < 4.78 is 16.3. The van der Waals surface area contributed by atoms with Gasteiger partial charge >= 0.3 is 17.9 Å². The lowest BCUT2D eigenvalue weighted by atomic mass is 9.85. The molecule has 1 aliphatic rings. The highest BCUT2D eigenvalue weighted by atomic mass is 32.1. The van der Waals surface area contributed by atoms with Gasteiger partial charge < -0.3 is 19.5 Å². The Balaban J connectivity index is 1.79. The molecule has 1 aliphatic heterocycles. The summed E-state index contributed by atoms with van der Waals surface area (Å²) in [7, 11) is 0. The number of nitrogens with zero attached hydrogens (tertiary/aromatic N) is 1. The molecular formula is C23H25N3O7S. The quantitative estimate of drug-likeness (QED) is 0.426. The van der Waals surface area contributed by atoms with Gasteiger partial charge in [0.2, 0.25) is 0 Å². The molecule has 11 heteroatoms.